The van der Waals surface area contributed by atoms with Crippen LogP contribution in [0.4, 0.5) is 0 Å². The van der Waals surface area contributed by atoms with Gasteiger partial charge in [0, 0.05) is 21.4 Å². The van der Waals surface area contributed by atoms with Gasteiger partial charge in [0.05, 0.1) is 0 Å². The second-order valence-corrected chi connectivity index (χ2v) is 6.08. The zero-order chi connectivity index (χ0) is 9.35. The first-order valence-electron chi connectivity index (χ1n) is 2.67. The van der Waals surface area contributed by atoms with Crippen LogP contribution in [0.1, 0.15) is 0 Å². The number of nitrogens with zero attached hydrogens (tertiary/aromatic N) is 1. The number of rotatable bonds is 1. The number of pyridine rings is 1. The minimum atomic E-state index is -3.71. The third kappa shape index (κ3) is 2.42. The van der Waals surface area contributed by atoms with Gasteiger partial charge < -0.3 is 0 Å². The Kier molecular flexibility index (Phi) is 3.14. The minimum absolute atomic E-state index is 0.0348. The molecular formula is C5H2Br2ClNO2S. The fourth-order valence-electron chi connectivity index (χ4n) is 0.574. The summed E-state index contributed by atoms with van der Waals surface area (Å²) in [5, 5.41) is 0. The van der Waals surface area contributed by atoms with Gasteiger partial charge in [0.25, 0.3) is 9.05 Å². The maximum absolute atomic E-state index is 10.8. The molecule has 1 aromatic rings. The van der Waals surface area contributed by atoms with Crippen LogP contribution in [0, 0.1) is 0 Å². The largest absolute Gasteiger partial charge is 0.263 e. The molecule has 0 saturated heterocycles. The second-order valence-electron chi connectivity index (χ2n) is 1.88. The van der Waals surface area contributed by atoms with Crippen molar-refractivity contribution >= 4 is 51.6 Å². The number of hydrogen-bond donors (Lipinski definition) is 0. The van der Waals surface area contributed by atoms with Crippen molar-refractivity contribution in [2.45, 2.75) is 4.90 Å². The molecule has 0 unspecified atom stereocenters. The molecule has 0 aliphatic rings. The molecule has 0 aliphatic heterocycles. The van der Waals surface area contributed by atoms with E-state index in [1.54, 1.807) is 0 Å². The summed E-state index contributed by atoms with van der Waals surface area (Å²) in [5.74, 6) is 0. The molecule has 1 heterocycles. The van der Waals surface area contributed by atoms with Crippen LogP contribution in [0.25, 0.3) is 0 Å². The van der Waals surface area contributed by atoms with Crippen LogP contribution < -0.4 is 0 Å². The van der Waals surface area contributed by atoms with Gasteiger partial charge >= 0.3 is 0 Å². The molecule has 0 aliphatic carbocycles. The van der Waals surface area contributed by atoms with Gasteiger partial charge in [-0.05, 0) is 37.9 Å². The molecule has 0 fully saturated rings. The average Bonchev–Trinajstić information content (AvgIpc) is 1.83. The highest BCUT2D eigenvalue weighted by Crippen LogP contribution is 2.26. The molecule has 0 amide bonds. The third-order valence-corrected chi connectivity index (χ3v) is 3.75. The van der Waals surface area contributed by atoms with Gasteiger partial charge in [0.15, 0.2) is 0 Å². The predicted octanol–water partition coefficient (Wildman–Crippen LogP) is 2.53. The van der Waals surface area contributed by atoms with E-state index < -0.39 is 9.05 Å². The Hall–Kier alpha value is 0.350. The fourth-order valence-corrected chi connectivity index (χ4v) is 3.29. The number of hydrogen-bond acceptors (Lipinski definition) is 3. The van der Waals surface area contributed by atoms with Crippen molar-refractivity contribution in [1.29, 1.82) is 0 Å². The van der Waals surface area contributed by atoms with Crippen LogP contribution in [-0.2, 0) is 9.05 Å². The van der Waals surface area contributed by atoms with E-state index in [1.807, 2.05) is 0 Å². The molecule has 0 radical (unpaired) electrons. The van der Waals surface area contributed by atoms with Gasteiger partial charge in [0.1, 0.15) is 9.50 Å². The Morgan fingerprint density at radius 3 is 2.42 bits per heavy atom. The van der Waals surface area contributed by atoms with E-state index in [0.717, 1.165) is 0 Å². The average molecular weight is 335 g/mol. The molecular weight excluding hydrogens is 333 g/mol. The van der Waals surface area contributed by atoms with Gasteiger partial charge in [-0.15, -0.1) is 0 Å². The molecule has 0 bridgehead atoms. The lowest BCUT2D eigenvalue weighted by atomic mass is 10.5. The van der Waals surface area contributed by atoms with E-state index in [-0.39, 0.29) is 4.90 Å². The molecule has 0 atom stereocenters. The van der Waals surface area contributed by atoms with Gasteiger partial charge in [-0.3, -0.25) is 0 Å². The summed E-state index contributed by atoms with van der Waals surface area (Å²) in [6.45, 7) is 0. The molecule has 3 nitrogen and oxygen atoms in total. The van der Waals surface area contributed by atoms with E-state index in [1.165, 1.54) is 12.3 Å². The van der Waals surface area contributed by atoms with Crippen LogP contribution in [-0.4, -0.2) is 13.4 Å². The minimum Gasteiger partial charge on any atom is -0.248 e. The van der Waals surface area contributed by atoms with Crippen LogP contribution in [0.3, 0.4) is 0 Å². The Labute approximate surface area is 90.8 Å². The lowest BCUT2D eigenvalue weighted by Gasteiger charge is -1.98. The van der Waals surface area contributed by atoms with Gasteiger partial charge in [-0.1, -0.05) is 0 Å². The molecule has 1 rings (SSSR count). The smallest absolute Gasteiger partial charge is 0.248 e. The van der Waals surface area contributed by atoms with Crippen LogP contribution in [0.5, 0.6) is 0 Å². The van der Waals surface area contributed by atoms with Gasteiger partial charge in [0.2, 0.25) is 0 Å². The first kappa shape index (κ1) is 10.4. The first-order valence-corrected chi connectivity index (χ1v) is 6.56. The van der Waals surface area contributed by atoms with E-state index in [9.17, 15) is 8.42 Å². The molecule has 0 aromatic carbocycles. The normalized spacial score (nSPS) is 11.6. The zero-order valence-corrected chi connectivity index (χ0v) is 10.2. The fraction of sp³-hybridized carbons (Fsp3) is 0. The molecule has 12 heavy (non-hydrogen) atoms. The summed E-state index contributed by atoms with van der Waals surface area (Å²) in [7, 11) is 1.39. The van der Waals surface area contributed by atoms with Crippen molar-refractivity contribution in [1.82, 2.24) is 4.98 Å². The van der Waals surface area contributed by atoms with E-state index >= 15 is 0 Å². The zero-order valence-electron chi connectivity index (χ0n) is 5.46. The standard InChI is InChI=1S/C5H2Br2ClNO2S/c6-3-1-5(7)9-2-4(3)12(8,10)11/h1-2H. The summed E-state index contributed by atoms with van der Waals surface area (Å²) in [4.78, 5) is 3.69. The van der Waals surface area contributed by atoms with Crippen molar-refractivity contribution in [3.05, 3.63) is 21.3 Å². The highest BCUT2D eigenvalue weighted by atomic mass is 79.9. The Morgan fingerprint density at radius 2 is 2.00 bits per heavy atom. The SMILES string of the molecule is O=S(=O)(Cl)c1cnc(Br)cc1Br. The maximum Gasteiger partial charge on any atom is 0.263 e. The van der Waals surface area contributed by atoms with Crippen molar-refractivity contribution in [2.24, 2.45) is 0 Å². The highest BCUT2D eigenvalue weighted by Gasteiger charge is 2.14. The Bertz CT molecular complexity index is 406. The predicted molar refractivity (Wildman–Crippen MR) is 52.7 cm³/mol. The lowest BCUT2D eigenvalue weighted by Crippen LogP contribution is -1.93. The highest BCUT2D eigenvalue weighted by molar-refractivity contribution is 9.11. The summed E-state index contributed by atoms with van der Waals surface area (Å²) < 4.78 is 22.6. The quantitative estimate of drug-likeness (QED) is 0.585. The van der Waals surface area contributed by atoms with Crippen LogP contribution >= 0.6 is 42.5 Å². The van der Waals surface area contributed by atoms with Crippen LogP contribution in [0.2, 0.25) is 0 Å². The molecule has 0 spiro atoms. The third-order valence-electron chi connectivity index (χ3n) is 1.05. The van der Waals surface area contributed by atoms with E-state index in [0.29, 0.717) is 9.08 Å². The van der Waals surface area contributed by atoms with E-state index in [4.69, 9.17) is 10.7 Å². The van der Waals surface area contributed by atoms with Crippen molar-refractivity contribution in [3.63, 3.8) is 0 Å². The molecule has 7 heteroatoms. The number of halogens is 3. The topological polar surface area (TPSA) is 47.0 Å². The summed E-state index contributed by atoms with van der Waals surface area (Å²) >= 11 is 6.13. The van der Waals surface area contributed by atoms with Crippen molar-refractivity contribution in [3.8, 4) is 0 Å². The molecule has 0 saturated carbocycles. The molecule has 66 valence electrons. The molecule has 1 aromatic heterocycles. The number of aromatic nitrogens is 1. The summed E-state index contributed by atoms with van der Waals surface area (Å²) in [6.07, 6.45) is 1.18. The van der Waals surface area contributed by atoms with Crippen molar-refractivity contribution in [2.75, 3.05) is 0 Å². The summed E-state index contributed by atoms with van der Waals surface area (Å²) in [5.41, 5.74) is 0. The first-order chi connectivity index (χ1) is 5.41. The lowest BCUT2D eigenvalue weighted by molar-refractivity contribution is 0.608. The van der Waals surface area contributed by atoms with Gasteiger partial charge in [-0.25, -0.2) is 13.4 Å². The van der Waals surface area contributed by atoms with Crippen LogP contribution in [0.15, 0.2) is 26.2 Å². The summed E-state index contributed by atoms with van der Waals surface area (Å²) in [6, 6.07) is 1.51. The van der Waals surface area contributed by atoms with E-state index in [2.05, 4.69) is 36.8 Å². The Balaban J connectivity index is 3.39. The second kappa shape index (κ2) is 3.61. The monoisotopic (exact) mass is 333 g/mol. The van der Waals surface area contributed by atoms with Crippen molar-refractivity contribution < 1.29 is 8.42 Å². The Morgan fingerprint density at radius 1 is 1.42 bits per heavy atom. The molecule has 0 N–H and O–H groups in total. The van der Waals surface area contributed by atoms with Gasteiger partial charge in [-0.2, -0.15) is 0 Å². The maximum atomic E-state index is 10.8.